The van der Waals surface area contributed by atoms with Crippen molar-refractivity contribution in [3.63, 3.8) is 0 Å². The highest BCUT2D eigenvalue weighted by atomic mass is 16.5. The molecule has 0 fully saturated rings. The van der Waals surface area contributed by atoms with E-state index < -0.39 is 12.1 Å². The molecule has 0 radical (unpaired) electrons. The Labute approximate surface area is 173 Å². The molecule has 7 heteroatoms. The number of hydrogen-bond donors (Lipinski definition) is 1. The summed E-state index contributed by atoms with van der Waals surface area (Å²) in [6, 6.07) is 15.3. The molecule has 0 saturated carbocycles. The first kappa shape index (κ1) is 19.6. The number of carbonyl (C=O) groups is 2. The van der Waals surface area contributed by atoms with Gasteiger partial charge in [0, 0.05) is 34.6 Å². The van der Waals surface area contributed by atoms with Crippen molar-refractivity contribution in [1.82, 2.24) is 15.1 Å². The number of nitrogens with zero attached hydrogens (tertiary/aromatic N) is 2. The fourth-order valence-corrected chi connectivity index (χ4v) is 3.19. The van der Waals surface area contributed by atoms with Crippen LogP contribution in [0.5, 0.6) is 0 Å². The maximum Gasteiger partial charge on any atom is 0.307 e. The van der Waals surface area contributed by atoms with Gasteiger partial charge in [0.2, 0.25) is 17.5 Å². The van der Waals surface area contributed by atoms with Gasteiger partial charge in [-0.05, 0) is 19.9 Å². The van der Waals surface area contributed by atoms with Gasteiger partial charge in [0.15, 0.2) is 6.10 Å². The zero-order valence-electron chi connectivity index (χ0n) is 16.7. The topological polar surface area (TPSA) is 98.1 Å². The second-order valence-corrected chi connectivity index (χ2v) is 7.12. The van der Waals surface area contributed by atoms with E-state index in [0.717, 1.165) is 22.0 Å². The van der Waals surface area contributed by atoms with Crippen molar-refractivity contribution in [3.05, 3.63) is 71.7 Å². The number of nitrogens with one attached hydrogen (secondary N) is 1. The Morgan fingerprint density at radius 1 is 1.13 bits per heavy atom. The van der Waals surface area contributed by atoms with Crippen LogP contribution < -0.4 is 0 Å². The van der Waals surface area contributed by atoms with Gasteiger partial charge in [0.05, 0.1) is 6.42 Å². The van der Waals surface area contributed by atoms with Gasteiger partial charge < -0.3 is 14.2 Å². The zero-order valence-corrected chi connectivity index (χ0v) is 16.7. The summed E-state index contributed by atoms with van der Waals surface area (Å²) in [5.74, 6) is 0.0745. The quantitative estimate of drug-likeness (QED) is 0.365. The lowest BCUT2D eigenvalue weighted by Gasteiger charge is -2.11. The van der Waals surface area contributed by atoms with E-state index in [1.165, 1.54) is 0 Å². The molecule has 30 heavy (non-hydrogen) atoms. The summed E-state index contributed by atoms with van der Waals surface area (Å²) in [4.78, 5) is 32.3. The van der Waals surface area contributed by atoms with Crippen LogP contribution in [0.15, 0.2) is 59.3 Å². The van der Waals surface area contributed by atoms with E-state index in [2.05, 4.69) is 15.1 Å². The van der Waals surface area contributed by atoms with Crippen LogP contribution in [0.4, 0.5) is 0 Å². The van der Waals surface area contributed by atoms with Gasteiger partial charge >= 0.3 is 5.97 Å². The first-order valence-corrected chi connectivity index (χ1v) is 9.70. The minimum absolute atomic E-state index is 0.0427. The zero-order chi connectivity index (χ0) is 21.1. The number of esters is 1. The van der Waals surface area contributed by atoms with Crippen LogP contribution in [-0.2, 0) is 16.0 Å². The lowest BCUT2D eigenvalue weighted by Crippen LogP contribution is -2.24. The number of fused-ring (bicyclic) bond motifs is 1. The van der Waals surface area contributed by atoms with Gasteiger partial charge in [0.1, 0.15) is 0 Å². The van der Waals surface area contributed by atoms with Crippen LogP contribution in [0.25, 0.3) is 22.3 Å². The molecule has 7 nitrogen and oxygen atoms in total. The van der Waals surface area contributed by atoms with Crippen molar-refractivity contribution in [2.45, 2.75) is 32.8 Å². The van der Waals surface area contributed by atoms with E-state index in [-0.39, 0.29) is 18.6 Å². The van der Waals surface area contributed by atoms with Gasteiger partial charge in [0.25, 0.3) is 0 Å². The molecule has 0 aliphatic rings. The van der Waals surface area contributed by atoms with Crippen molar-refractivity contribution in [2.24, 2.45) is 0 Å². The summed E-state index contributed by atoms with van der Waals surface area (Å²) in [5.41, 5.74) is 3.35. The number of aromatic amines is 1. The first-order chi connectivity index (χ1) is 14.5. The summed E-state index contributed by atoms with van der Waals surface area (Å²) in [6.07, 6.45) is 1.04. The van der Waals surface area contributed by atoms with Gasteiger partial charge in [-0.3, -0.25) is 9.59 Å². The average molecular weight is 403 g/mol. The molecule has 152 valence electrons. The number of aromatic nitrogens is 3. The smallest absolute Gasteiger partial charge is 0.307 e. The highest BCUT2D eigenvalue weighted by Gasteiger charge is 2.22. The summed E-state index contributed by atoms with van der Waals surface area (Å²) in [6.45, 7) is 3.57. The van der Waals surface area contributed by atoms with Crippen molar-refractivity contribution in [1.29, 1.82) is 0 Å². The Morgan fingerprint density at radius 3 is 2.70 bits per heavy atom. The number of H-pyrrole nitrogens is 1. The fraction of sp³-hybridized carbons (Fsp3) is 0.217. The molecule has 0 spiro atoms. The molecule has 2 aromatic carbocycles. The SMILES string of the molecule is Cc1ccc(-c2noc(CCC(=O)OC(C)C(=O)c3c[nH]c4ccccc34)n2)cc1. The van der Waals surface area contributed by atoms with Crippen LogP contribution in [0, 0.1) is 6.92 Å². The minimum Gasteiger partial charge on any atom is -0.454 e. The molecule has 0 bridgehead atoms. The number of hydrogen-bond acceptors (Lipinski definition) is 6. The maximum atomic E-state index is 12.7. The van der Waals surface area contributed by atoms with E-state index in [4.69, 9.17) is 9.26 Å². The van der Waals surface area contributed by atoms with E-state index in [0.29, 0.717) is 17.3 Å². The van der Waals surface area contributed by atoms with Gasteiger partial charge in [-0.1, -0.05) is 53.2 Å². The third-order valence-electron chi connectivity index (χ3n) is 4.85. The summed E-state index contributed by atoms with van der Waals surface area (Å²) >= 11 is 0. The van der Waals surface area contributed by atoms with Crippen molar-refractivity contribution in [3.8, 4) is 11.4 Å². The van der Waals surface area contributed by atoms with E-state index in [9.17, 15) is 9.59 Å². The molecule has 1 atom stereocenters. The van der Waals surface area contributed by atoms with Gasteiger partial charge in [-0.25, -0.2) is 0 Å². The predicted molar refractivity (Wildman–Crippen MR) is 111 cm³/mol. The van der Waals surface area contributed by atoms with Crippen molar-refractivity contribution >= 4 is 22.7 Å². The highest BCUT2D eigenvalue weighted by Crippen LogP contribution is 2.20. The molecule has 2 heterocycles. The Morgan fingerprint density at radius 2 is 1.90 bits per heavy atom. The second-order valence-electron chi connectivity index (χ2n) is 7.12. The van der Waals surface area contributed by atoms with Crippen LogP contribution in [0.3, 0.4) is 0 Å². The van der Waals surface area contributed by atoms with E-state index in [1.54, 1.807) is 13.1 Å². The maximum absolute atomic E-state index is 12.7. The summed E-state index contributed by atoms with van der Waals surface area (Å²) < 4.78 is 10.5. The van der Waals surface area contributed by atoms with E-state index in [1.807, 2.05) is 55.5 Å². The number of benzene rings is 2. The van der Waals surface area contributed by atoms with Crippen LogP contribution in [0.2, 0.25) is 0 Å². The van der Waals surface area contributed by atoms with Crippen LogP contribution in [-0.4, -0.2) is 33.0 Å². The molecular weight excluding hydrogens is 382 g/mol. The van der Waals surface area contributed by atoms with Gasteiger partial charge in [-0.15, -0.1) is 0 Å². The first-order valence-electron chi connectivity index (χ1n) is 9.70. The largest absolute Gasteiger partial charge is 0.454 e. The van der Waals surface area contributed by atoms with Crippen molar-refractivity contribution in [2.75, 3.05) is 0 Å². The Hall–Kier alpha value is -3.74. The molecule has 0 aliphatic carbocycles. The molecule has 1 N–H and O–H groups in total. The summed E-state index contributed by atoms with van der Waals surface area (Å²) in [7, 11) is 0. The predicted octanol–water partition coefficient (Wildman–Crippen LogP) is 4.27. The molecule has 0 saturated heterocycles. The Kier molecular flexibility index (Phi) is 5.43. The molecule has 0 aliphatic heterocycles. The third-order valence-corrected chi connectivity index (χ3v) is 4.85. The van der Waals surface area contributed by atoms with Crippen LogP contribution in [0.1, 0.15) is 35.2 Å². The molecule has 1 unspecified atom stereocenters. The lowest BCUT2D eigenvalue weighted by atomic mass is 10.1. The third kappa shape index (κ3) is 4.15. The monoisotopic (exact) mass is 403 g/mol. The Balaban J connectivity index is 1.33. The number of aryl methyl sites for hydroxylation is 2. The number of Topliss-reactive ketones (excluding diaryl/α,β-unsaturated/α-hetero) is 1. The summed E-state index contributed by atoms with van der Waals surface area (Å²) in [5, 5.41) is 4.76. The molecular formula is C23H21N3O4. The Bertz CT molecular complexity index is 1190. The molecule has 4 rings (SSSR count). The van der Waals surface area contributed by atoms with Crippen LogP contribution >= 0.6 is 0 Å². The number of ether oxygens (including phenoxy) is 1. The normalized spacial score (nSPS) is 12.1. The molecule has 4 aromatic rings. The average Bonchev–Trinajstić information content (AvgIpc) is 3.39. The number of ketones is 1. The van der Waals surface area contributed by atoms with Crippen molar-refractivity contribution < 1.29 is 18.8 Å². The molecule has 0 amide bonds. The second kappa shape index (κ2) is 8.32. The van der Waals surface area contributed by atoms with Gasteiger partial charge in [-0.2, -0.15) is 4.98 Å². The molecule has 2 aromatic heterocycles. The minimum atomic E-state index is -0.887. The highest BCUT2D eigenvalue weighted by molar-refractivity contribution is 6.10. The number of carbonyl (C=O) groups excluding carboxylic acids is 2. The number of para-hydroxylation sites is 1. The fourth-order valence-electron chi connectivity index (χ4n) is 3.19. The standard InChI is InChI=1S/C23H21N3O4/c1-14-7-9-16(10-8-14)23-25-20(30-26-23)11-12-21(27)29-15(2)22(28)18-13-24-19-6-4-3-5-17(18)19/h3-10,13,15,24H,11-12H2,1-2H3. The van der Waals surface area contributed by atoms with E-state index >= 15 is 0 Å². The lowest BCUT2D eigenvalue weighted by molar-refractivity contribution is -0.146. The number of rotatable bonds is 7.